The standard InChI is InChI=1S/C40H34O12/c1-16(2)6-7-39-25-5-4-18(41)10-32(25)51-40(39,50)38(49)35-31(47)15-30(46)34(37(35)52-39)24-9-17(3)8-22-21-11-19(26(42)13-28(21)44)20-12-23(36(48)33(22)24)29(45)14-27(20)43/h4-6,9-15,22,24,33,41-47,50H,7-8H2,1-3H3. The van der Waals surface area contributed by atoms with Crippen LogP contribution in [0.3, 0.4) is 0 Å². The van der Waals surface area contributed by atoms with Crippen LogP contribution in [0.1, 0.15) is 82.9 Å². The average Bonchev–Trinajstić information content (AvgIpc) is 3.32. The number of benzene rings is 4. The lowest BCUT2D eigenvalue weighted by Crippen LogP contribution is -2.62. The molecule has 0 spiro atoms. The van der Waals surface area contributed by atoms with E-state index in [2.05, 4.69) is 0 Å². The van der Waals surface area contributed by atoms with Crippen LogP contribution in [0.15, 0.2) is 71.8 Å². The van der Waals surface area contributed by atoms with Crippen LogP contribution in [0.2, 0.25) is 0 Å². The summed E-state index contributed by atoms with van der Waals surface area (Å²) in [5.74, 6) is -11.3. The van der Waals surface area contributed by atoms with Crippen LogP contribution >= 0.6 is 0 Å². The number of aromatic hydroxyl groups is 7. The van der Waals surface area contributed by atoms with Gasteiger partial charge in [-0.2, -0.15) is 0 Å². The van der Waals surface area contributed by atoms with Crippen molar-refractivity contribution in [2.75, 3.05) is 0 Å². The van der Waals surface area contributed by atoms with Gasteiger partial charge < -0.3 is 50.3 Å². The first-order valence-corrected chi connectivity index (χ1v) is 16.6. The second-order valence-electron chi connectivity index (χ2n) is 14.3. The van der Waals surface area contributed by atoms with Gasteiger partial charge in [-0.15, -0.1) is 0 Å². The summed E-state index contributed by atoms with van der Waals surface area (Å²) in [5.41, 5.74) is -0.743. The van der Waals surface area contributed by atoms with Crippen LogP contribution in [-0.2, 0) is 5.60 Å². The van der Waals surface area contributed by atoms with E-state index in [4.69, 9.17) is 9.47 Å². The number of hydrogen-bond donors (Lipinski definition) is 8. The van der Waals surface area contributed by atoms with Gasteiger partial charge in [0, 0.05) is 70.7 Å². The molecule has 0 aromatic heterocycles. The Bertz CT molecular complexity index is 2350. The molecule has 4 aromatic rings. The molecule has 8 N–H and O–H groups in total. The maximum atomic E-state index is 14.8. The average molecular weight is 707 g/mol. The Morgan fingerprint density at radius 1 is 0.808 bits per heavy atom. The zero-order valence-electron chi connectivity index (χ0n) is 28.1. The van der Waals surface area contributed by atoms with Crippen molar-refractivity contribution in [3.05, 3.63) is 99.6 Å². The van der Waals surface area contributed by atoms with Crippen molar-refractivity contribution in [1.82, 2.24) is 0 Å². The molecule has 5 unspecified atom stereocenters. The number of carbonyl (C=O) groups excluding carboxylic acids is 2. The second-order valence-corrected chi connectivity index (χ2v) is 14.3. The van der Waals surface area contributed by atoms with E-state index in [1.807, 2.05) is 0 Å². The van der Waals surface area contributed by atoms with Gasteiger partial charge in [0.25, 0.3) is 0 Å². The summed E-state index contributed by atoms with van der Waals surface area (Å²) in [6, 6.07) is 9.73. The first kappa shape index (κ1) is 33.0. The maximum absolute atomic E-state index is 14.8. The number of allylic oxidation sites excluding steroid dienone is 3. The SMILES string of the molecule is CC(C)=CCC12Oc3c(c(O)cc(O)c3C3C=C(C)CC4c5cc(c(O)cc5O)-c5cc(c(O)cc5O)C(=O)C34)C(=O)C1(O)Oc1cc(O)ccc12. The van der Waals surface area contributed by atoms with E-state index in [9.17, 15) is 50.4 Å². The highest BCUT2D eigenvalue weighted by Gasteiger charge is 2.70. The summed E-state index contributed by atoms with van der Waals surface area (Å²) in [6.07, 6.45) is 3.50. The second kappa shape index (κ2) is 10.9. The van der Waals surface area contributed by atoms with Crippen LogP contribution in [0.25, 0.3) is 11.1 Å². The zero-order chi connectivity index (χ0) is 37.2. The van der Waals surface area contributed by atoms with E-state index in [1.54, 1.807) is 32.9 Å². The van der Waals surface area contributed by atoms with Crippen LogP contribution in [0.4, 0.5) is 0 Å². The summed E-state index contributed by atoms with van der Waals surface area (Å²) in [5, 5.41) is 89.2. The Morgan fingerprint density at radius 3 is 2.17 bits per heavy atom. The maximum Gasteiger partial charge on any atom is 0.318 e. The molecule has 4 aliphatic rings. The van der Waals surface area contributed by atoms with Crippen molar-refractivity contribution in [2.45, 2.75) is 56.8 Å². The summed E-state index contributed by atoms with van der Waals surface area (Å²) < 4.78 is 12.6. The summed E-state index contributed by atoms with van der Waals surface area (Å²) >= 11 is 0. The molecule has 4 aromatic carbocycles. The lowest BCUT2D eigenvalue weighted by molar-refractivity contribution is -0.202. The molecule has 2 heterocycles. The van der Waals surface area contributed by atoms with E-state index in [0.717, 1.165) is 23.8 Å². The predicted octanol–water partition coefficient (Wildman–Crippen LogP) is 6.23. The minimum Gasteiger partial charge on any atom is -0.508 e. The van der Waals surface area contributed by atoms with Gasteiger partial charge in [-0.25, -0.2) is 0 Å². The Labute approximate surface area is 296 Å². The highest BCUT2D eigenvalue weighted by Crippen LogP contribution is 2.62. The third-order valence-corrected chi connectivity index (χ3v) is 10.8. The molecule has 0 saturated carbocycles. The lowest BCUT2D eigenvalue weighted by atomic mass is 9.65. The van der Waals surface area contributed by atoms with E-state index in [0.29, 0.717) is 5.57 Å². The normalized spacial score (nSPS) is 25.2. The van der Waals surface area contributed by atoms with Crippen molar-refractivity contribution in [3.63, 3.8) is 0 Å². The highest BCUT2D eigenvalue weighted by atomic mass is 16.7. The Balaban J connectivity index is 1.41. The molecular weight excluding hydrogens is 672 g/mol. The van der Waals surface area contributed by atoms with E-state index in [-0.39, 0.29) is 75.0 Å². The molecule has 0 fully saturated rings. The number of phenols is 7. The predicted molar refractivity (Wildman–Crippen MR) is 184 cm³/mol. The van der Waals surface area contributed by atoms with Gasteiger partial charge in [0.2, 0.25) is 11.4 Å². The van der Waals surface area contributed by atoms with Crippen molar-refractivity contribution < 1.29 is 59.9 Å². The monoisotopic (exact) mass is 706 g/mol. The molecule has 12 nitrogen and oxygen atoms in total. The molecule has 52 heavy (non-hydrogen) atoms. The number of hydrogen-bond acceptors (Lipinski definition) is 12. The van der Waals surface area contributed by atoms with E-state index < -0.39 is 69.3 Å². The summed E-state index contributed by atoms with van der Waals surface area (Å²) in [4.78, 5) is 29.4. The fraction of sp³-hybridized carbons (Fsp3) is 0.250. The summed E-state index contributed by atoms with van der Waals surface area (Å²) in [7, 11) is 0. The van der Waals surface area contributed by atoms with Crippen molar-refractivity contribution in [2.24, 2.45) is 5.92 Å². The van der Waals surface area contributed by atoms with Crippen LogP contribution in [0.5, 0.6) is 51.7 Å². The zero-order valence-corrected chi connectivity index (χ0v) is 28.1. The number of phenolic OH excluding ortho intramolecular Hbond substituents is 7. The smallest absolute Gasteiger partial charge is 0.318 e. The van der Waals surface area contributed by atoms with E-state index >= 15 is 0 Å². The number of rotatable bonds is 3. The Hall–Kier alpha value is -6.14. The third kappa shape index (κ3) is 4.37. The molecule has 2 aliphatic carbocycles. The van der Waals surface area contributed by atoms with Gasteiger partial charge >= 0.3 is 5.79 Å². The number of aliphatic hydroxyl groups is 1. The Morgan fingerprint density at radius 2 is 1.46 bits per heavy atom. The fourth-order valence-electron chi connectivity index (χ4n) is 8.37. The first-order valence-electron chi connectivity index (χ1n) is 16.6. The van der Waals surface area contributed by atoms with Crippen molar-refractivity contribution in [1.29, 1.82) is 0 Å². The number of ether oxygens (including phenoxy) is 2. The Kier molecular flexibility index (Phi) is 6.94. The molecule has 8 rings (SSSR count). The number of ketones is 2. The minimum absolute atomic E-state index is 0.0324. The molecule has 5 atom stereocenters. The molecule has 0 amide bonds. The molecule has 12 heteroatoms. The number of fused-ring (bicyclic) bond motifs is 11. The van der Waals surface area contributed by atoms with E-state index in [1.165, 1.54) is 30.3 Å². The summed E-state index contributed by atoms with van der Waals surface area (Å²) in [6.45, 7) is 5.39. The van der Waals surface area contributed by atoms with Gasteiger partial charge in [0.1, 0.15) is 57.3 Å². The fourth-order valence-corrected chi connectivity index (χ4v) is 8.37. The minimum atomic E-state index is -2.74. The number of carbonyl (C=O) groups is 2. The van der Waals surface area contributed by atoms with Crippen LogP contribution in [0, 0.1) is 5.92 Å². The quantitative estimate of drug-likeness (QED) is 0.111. The lowest BCUT2D eigenvalue weighted by Gasteiger charge is -2.45. The molecular formula is C40H34O12. The molecule has 2 aliphatic heterocycles. The van der Waals surface area contributed by atoms with Gasteiger partial charge in [0.05, 0.1) is 5.56 Å². The molecule has 266 valence electrons. The van der Waals surface area contributed by atoms with Crippen molar-refractivity contribution >= 4 is 11.6 Å². The molecule has 0 saturated heterocycles. The van der Waals surface area contributed by atoms with Crippen LogP contribution < -0.4 is 9.47 Å². The van der Waals surface area contributed by atoms with Gasteiger partial charge in [0.15, 0.2) is 5.78 Å². The largest absolute Gasteiger partial charge is 0.508 e. The van der Waals surface area contributed by atoms with Crippen LogP contribution in [-0.4, -0.2) is 58.2 Å². The first-order chi connectivity index (χ1) is 24.6. The third-order valence-electron chi connectivity index (χ3n) is 10.8. The van der Waals surface area contributed by atoms with Gasteiger partial charge in [-0.1, -0.05) is 23.3 Å². The van der Waals surface area contributed by atoms with Gasteiger partial charge in [-0.3, -0.25) is 9.59 Å². The topological polar surface area (TPSA) is 214 Å². The molecule has 0 radical (unpaired) electrons. The van der Waals surface area contributed by atoms with Gasteiger partial charge in [-0.05, 0) is 57.0 Å². The number of Topliss-reactive ketones (excluding diaryl/α,β-unsaturated/α-hetero) is 2. The molecule has 4 bridgehead atoms. The highest BCUT2D eigenvalue weighted by molar-refractivity contribution is 6.10. The van der Waals surface area contributed by atoms with Crippen molar-refractivity contribution in [3.8, 4) is 62.9 Å².